The molecule has 0 saturated heterocycles. The van der Waals surface area contributed by atoms with Gasteiger partial charge in [-0.3, -0.25) is 0 Å². The summed E-state index contributed by atoms with van der Waals surface area (Å²) in [5.41, 5.74) is 3.18. The molecule has 1 fully saturated rings. The van der Waals surface area contributed by atoms with Gasteiger partial charge in [0, 0.05) is 23.4 Å². The smallest absolute Gasteiger partial charge is 0.243 e. The molecule has 0 N–H and O–H groups in total. The van der Waals surface area contributed by atoms with E-state index in [1.165, 1.54) is 37.7 Å². The highest BCUT2D eigenvalue weighted by Crippen LogP contribution is 2.38. The Kier molecular flexibility index (Phi) is 6.64. The Morgan fingerprint density at radius 1 is 0.971 bits per heavy atom. The first-order chi connectivity index (χ1) is 16.5. The Balaban J connectivity index is 1.35. The predicted molar refractivity (Wildman–Crippen MR) is 134 cm³/mol. The third kappa shape index (κ3) is 4.46. The molecular formula is C26H30N2O4S2. The lowest BCUT2D eigenvalue weighted by Gasteiger charge is -2.26. The molecule has 0 spiro atoms. The molecule has 8 heteroatoms. The second kappa shape index (κ2) is 9.68. The average Bonchev–Trinajstić information content (AvgIpc) is 3.32. The van der Waals surface area contributed by atoms with Crippen LogP contribution in [0.5, 0.6) is 11.5 Å². The third-order valence-corrected chi connectivity index (χ3v) is 9.91. The number of sulfonamides is 1. The summed E-state index contributed by atoms with van der Waals surface area (Å²) in [5, 5.41) is 0.863. The fourth-order valence-electron chi connectivity index (χ4n) is 4.97. The van der Waals surface area contributed by atoms with Crippen LogP contribution in [0.15, 0.2) is 47.4 Å². The number of hydrogen-bond donors (Lipinski definition) is 0. The number of hydrogen-bond acceptors (Lipinski definition) is 6. The Morgan fingerprint density at radius 2 is 1.71 bits per heavy atom. The first-order valence-electron chi connectivity index (χ1n) is 11.8. The topological polar surface area (TPSA) is 68.7 Å². The summed E-state index contributed by atoms with van der Waals surface area (Å²) in [6.07, 6.45) is 6.86. The second-order valence-electron chi connectivity index (χ2n) is 8.95. The van der Waals surface area contributed by atoms with Crippen molar-refractivity contribution in [3.8, 4) is 22.1 Å². The van der Waals surface area contributed by atoms with E-state index in [-0.39, 0.29) is 0 Å². The zero-order valence-electron chi connectivity index (χ0n) is 19.6. The van der Waals surface area contributed by atoms with Gasteiger partial charge in [-0.2, -0.15) is 4.31 Å². The van der Waals surface area contributed by atoms with Crippen LogP contribution in [0.4, 0.5) is 0 Å². The first kappa shape index (κ1) is 23.3. The van der Waals surface area contributed by atoms with Crippen LogP contribution in [0.3, 0.4) is 0 Å². The summed E-state index contributed by atoms with van der Waals surface area (Å²) in [4.78, 5) is 6.18. The van der Waals surface area contributed by atoms with Crippen molar-refractivity contribution >= 4 is 21.4 Å². The van der Waals surface area contributed by atoms with Gasteiger partial charge in [0.2, 0.25) is 10.0 Å². The third-order valence-electron chi connectivity index (χ3n) is 6.92. The number of rotatable bonds is 6. The quantitative estimate of drug-likeness (QED) is 0.441. The molecule has 2 aliphatic rings. The lowest BCUT2D eigenvalue weighted by molar-refractivity contribution is 0.355. The van der Waals surface area contributed by atoms with Crippen LogP contribution in [0.25, 0.3) is 10.6 Å². The molecule has 0 radical (unpaired) electrons. The molecule has 0 bridgehead atoms. The maximum absolute atomic E-state index is 13.4. The Hall–Kier alpha value is -2.42. The van der Waals surface area contributed by atoms with E-state index in [4.69, 9.17) is 14.5 Å². The Labute approximate surface area is 205 Å². The maximum atomic E-state index is 13.4. The highest BCUT2D eigenvalue weighted by atomic mass is 32.2. The maximum Gasteiger partial charge on any atom is 0.243 e. The molecular weight excluding hydrogens is 468 g/mol. The van der Waals surface area contributed by atoms with Gasteiger partial charge in [-0.15, -0.1) is 11.3 Å². The normalized spacial score (nSPS) is 17.4. The van der Waals surface area contributed by atoms with Gasteiger partial charge >= 0.3 is 0 Å². The molecule has 5 rings (SSSR count). The summed E-state index contributed by atoms with van der Waals surface area (Å²) in [7, 11) is -0.332. The summed E-state index contributed by atoms with van der Waals surface area (Å²) in [6, 6.07) is 13.3. The number of aromatic nitrogens is 1. The summed E-state index contributed by atoms with van der Waals surface area (Å²) >= 11 is 1.54. The molecule has 0 amide bonds. The second-order valence-corrected chi connectivity index (χ2v) is 12.0. The monoisotopic (exact) mass is 498 g/mol. The van der Waals surface area contributed by atoms with Crippen molar-refractivity contribution in [3.63, 3.8) is 0 Å². The van der Waals surface area contributed by atoms with Gasteiger partial charge in [-0.1, -0.05) is 31.4 Å². The lowest BCUT2D eigenvalue weighted by Crippen LogP contribution is -2.35. The largest absolute Gasteiger partial charge is 0.493 e. The summed E-state index contributed by atoms with van der Waals surface area (Å²) < 4.78 is 39.1. The fraction of sp³-hybridized carbons (Fsp3) is 0.423. The number of thiazole rings is 1. The minimum Gasteiger partial charge on any atom is -0.493 e. The fourth-order valence-corrected chi connectivity index (χ4v) is 7.58. The van der Waals surface area contributed by atoms with E-state index in [1.807, 2.05) is 30.3 Å². The number of ether oxygens (including phenoxy) is 2. The molecule has 1 aliphatic carbocycles. The van der Waals surface area contributed by atoms with Crippen molar-refractivity contribution in [2.75, 3.05) is 20.8 Å². The van der Waals surface area contributed by atoms with Crippen LogP contribution >= 0.6 is 11.3 Å². The van der Waals surface area contributed by atoms with Gasteiger partial charge in [0.15, 0.2) is 11.5 Å². The van der Waals surface area contributed by atoms with E-state index in [0.29, 0.717) is 41.8 Å². The van der Waals surface area contributed by atoms with Gasteiger partial charge < -0.3 is 9.47 Å². The van der Waals surface area contributed by atoms with E-state index >= 15 is 0 Å². The van der Waals surface area contributed by atoms with Crippen LogP contribution in [0.2, 0.25) is 0 Å². The van der Waals surface area contributed by atoms with Crippen molar-refractivity contribution < 1.29 is 17.9 Å². The average molecular weight is 499 g/mol. The standard InChI is InChI=1S/C26H30N2O4S2/c1-31-23-13-10-20(16-24(23)32-2)26-27-22-14-15-28(17-25(22)33-26)34(29,30)21-11-8-19(9-12-21)18-6-4-3-5-7-18/h8-13,16,18H,3-7,14-15,17H2,1-2H3. The molecule has 0 unspecified atom stereocenters. The highest BCUT2D eigenvalue weighted by Gasteiger charge is 2.31. The van der Waals surface area contributed by atoms with E-state index in [0.717, 1.165) is 21.1 Å². The van der Waals surface area contributed by atoms with Crippen molar-refractivity contribution in [1.29, 1.82) is 0 Å². The molecule has 6 nitrogen and oxygen atoms in total. The predicted octanol–water partition coefficient (Wildman–Crippen LogP) is 5.62. The number of methoxy groups -OCH3 is 2. The molecule has 1 saturated carbocycles. The van der Waals surface area contributed by atoms with Crippen molar-refractivity contribution in [3.05, 3.63) is 58.6 Å². The van der Waals surface area contributed by atoms with Crippen molar-refractivity contribution in [2.45, 2.75) is 55.9 Å². The number of nitrogens with zero attached hydrogens (tertiary/aromatic N) is 2. The zero-order valence-corrected chi connectivity index (χ0v) is 21.3. The minimum absolute atomic E-state index is 0.354. The van der Waals surface area contributed by atoms with E-state index < -0.39 is 10.0 Å². The summed E-state index contributed by atoms with van der Waals surface area (Å²) in [6.45, 7) is 0.793. The van der Waals surface area contributed by atoms with Gasteiger partial charge in [0.1, 0.15) is 5.01 Å². The summed E-state index contributed by atoms with van der Waals surface area (Å²) in [5.74, 6) is 1.88. The first-order valence-corrected chi connectivity index (χ1v) is 14.1. The van der Waals surface area contributed by atoms with Gasteiger partial charge in [-0.25, -0.2) is 13.4 Å². The Morgan fingerprint density at radius 3 is 2.41 bits per heavy atom. The molecule has 180 valence electrons. The number of fused-ring (bicyclic) bond motifs is 1. The van der Waals surface area contributed by atoms with Crippen LogP contribution in [-0.2, 0) is 23.0 Å². The van der Waals surface area contributed by atoms with Gasteiger partial charge in [0.05, 0.1) is 31.4 Å². The van der Waals surface area contributed by atoms with E-state index in [2.05, 4.69) is 0 Å². The van der Waals surface area contributed by atoms with Crippen molar-refractivity contribution in [2.24, 2.45) is 0 Å². The van der Waals surface area contributed by atoms with Gasteiger partial charge in [0.25, 0.3) is 0 Å². The molecule has 1 aliphatic heterocycles. The van der Waals surface area contributed by atoms with Gasteiger partial charge in [-0.05, 0) is 54.7 Å². The highest BCUT2D eigenvalue weighted by molar-refractivity contribution is 7.89. The Bertz CT molecular complexity index is 1260. The lowest BCUT2D eigenvalue weighted by atomic mass is 9.84. The van der Waals surface area contributed by atoms with Crippen LogP contribution in [-0.4, -0.2) is 38.5 Å². The molecule has 0 atom stereocenters. The minimum atomic E-state index is -3.55. The molecule has 2 aromatic carbocycles. The van der Waals surface area contributed by atoms with Crippen LogP contribution in [0.1, 0.15) is 54.2 Å². The van der Waals surface area contributed by atoms with E-state index in [9.17, 15) is 8.42 Å². The SMILES string of the molecule is COc1ccc(-c2nc3c(s2)CN(S(=O)(=O)c2ccc(C4CCCCC4)cc2)CC3)cc1OC. The number of benzene rings is 2. The van der Waals surface area contributed by atoms with Crippen molar-refractivity contribution in [1.82, 2.24) is 9.29 Å². The molecule has 1 aromatic heterocycles. The molecule has 34 heavy (non-hydrogen) atoms. The van der Waals surface area contributed by atoms with Crippen LogP contribution < -0.4 is 9.47 Å². The van der Waals surface area contributed by atoms with E-state index in [1.54, 1.807) is 42.0 Å². The zero-order chi connectivity index (χ0) is 23.7. The molecule has 3 aromatic rings. The van der Waals surface area contributed by atoms with Crippen LogP contribution in [0, 0.1) is 0 Å². The molecule has 2 heterocycles.